The van der Waals surface area contributed by atoms with Crippen LogP contribution in [0, 0.1) is 0 Å². The molecule has 0 unspecified atom stereocenters. The minimum Gasteiger partial charge on any atom is -0.495 e. The highest BCUT2D eigenvalue weighted by Gasteiger charge is 2.15. The van der Waals surface area contributed by atoms with Crippen LogP contribution in [0.5, 0.6) is 11.5 Å². The van der Waals surface area contributed by atoms with E-state index in [-0.39, 0.29) is 11.7 Å². The Labute approximate surface area is 182 Å². The van der Waals surface area contributed by atoms with Crippen LogP contribution in [0.25, 0.3) is 11.4 Å². The number of hydrogen-bond donors (Lipinski definition) is 1. The molecule has 3 rings (SSSR count). The summed E-state index contributed by atoms with van der Waals surface area (Å²) in [4.78, 5) is 12.4. The van der Waals surface area contributed by atoms with Crippen molar-refractivity contribution in [3.8, 4) is 22.9 Å². The van der Waals surface area contributed by atoms with E-state index in [0.29, 0.717) is 38.2 Å². The quantitative estimate of drug-likeness (QED) is 0.530. The number of benzene rings is 2. The van der Waals surface area contributed by atoms with Crippen LogP contribution < -0.4 is 14.8 Å². The Balaban J connectivity index is 1.68. The molecule has 0 saturated carbocycles. The van der Waals surface area contributed by atoms with Crippen molar-refractivity contribution in [2.75, 3.05) is 25.3 Å². The van der Waals surface area contributed by atoms with E-state index < -0.39 is 0 Å². The van der Waals surface area contributed by atoms with Crippen LogP contribution in [0.15, 0.2) is 41.6 Å². The number of thioether (sulfide) groups is 1. The number of hydrogen-bond acceptors (Lipinski definition) is 6. The fraction of sp³-hybridized carbons (Fsp3) is 0.211. The molecule has 29 heavy (non-hydrogen) atoms. The van der Waals surface area contributed by atoms with Gasteiger partial charge >= 0.3 is 0 Å². The van der Waals surface area contributed by atoms with Gasteiger partial charge < -0.3 is 19.4 Å². The molecule has 0 bridgehead atoms. The highest BCUT2D eigenvalue weighted by atomic mass is 35.5. The normalized spacial score (nSPS) is 10.7. The third-order valence-corrected chi connectivity index (χ3v) is 5.59. The van der Waals surface area contributed by atoms with Crippen LogP contribution in [0.3, 0.4) is 0 Å². The third-order valence-electron chi connectivity index (χ3n) is 4.02. The Bertz CT molecular complexity index is 1030. The predicted octanol–water partition coefficient (Wildman–Crippen LogP) is 4.54. The first-order valence-corrected chi connectivity index (χ1v) is 10.2. The molecule has 0 aliphatic heterocycles. The second-order valence-electron chi connectivity index (χ2n) is 5.90. The third kappa shape index (κ3) is 4.95. The van der Waals surface area contributed by atoms with Gasteiger partial charge in [0, 0.05) is 29.8 Å². The van der Waals surface area contributed by atoms with Crippen LogP contribution in [0.2, 0.25) is 10.0 Å². The Kier molecular flexibility index (Phi) is 6.89. The van der Waals surface area contributed by atoms with Crippen LogP contribution in [-0.4, -0.2) is 40.6 Å². The van der Waals surface area contributed by atoms with E-state index >= 15 is 0 Å². The van der Waals surface area contributed by atoms with Gasteiger partial charge in [0.1, 0.15) is 11.5 Å². The average molecular weight is 453 g/mol. The molecule has 0 spiro atoms. The van der Waals surface area contributed by atoms with Gasteiger partial charge in [0.05, 0.1) is 30.7 Å². The van der Waals surface area contributed by atoms with Crippen molar-refractivity contribution in [2.24, 2.45) is 7.05 Å². The molecule has 3 aromatic rings. The lowest BCUT2D eigenvalue weighted by molar-refractivity contribution is -0.113. The smallest absolute Gasteiger partial charge is 0.234 e. The van der Waals surface area contributed by atoms with E-state index in [1.165, 1.54) is 26.0 Å². The van der Waals surface area contributed by atoms with Gasteiger partial charge in [-0.1, -0.05) is 35.0 Å². The van der Waals surface area contributed by atoms with Gasteiger partial charge in [0.25, 0.3) is 0 Å². The summed E-state index contributed by atoms with van der Waals surface area (Å²) >= 11 is 13.3. The van der Waals surface area contributed by atoms with E-state index in [2.05, 4.69) is 15.5 Å². The number of nitrogens with zero attached hydrogens (tertiary/aromatic N) is 3. The average Bonchev–Trinajstić information content (AvgIpc) is 3.08. The second-order valence-corrected chi connectivity index (χ2v) is 7.68. The Morgan fingerprint density at radius 2 is 1.79 bits per heavy atom. The van der Waals surface area contributed by atoms with Crippen molar-refractivity contribution in [1.29, 1.82) is 0 Å². The molecule has 0 aliphatic carbocycles. The summed E-state index contributed by atoms with van der Waals surface area (Å²) in [6, 6.07) is 10.5. The minimum absolute atomic E-state index is 0.140. The number of carbonyl (C=O) groups is 1. The molecule has 7 nitrogen and oxygen atoms in total. The fourth-order valence-corrected chi connectivity index (χ4v) is 3.63. The Hall–Kier alpha value is -2.42. The summed E-state index contributed by atoms with van der Waals surface area (Å²) in [6.07, 6.45) is 0. The first-order chi connectivity index (χ1) is 13.9. The van der Waals surface area contributed by atoms with Crippen molar-refractivity contribution in [3.05, 3.63) is 46.4 Å². The Morgan fingerprint density at radius 3 is 2.45 bits per heavy atom. The second kappa shape index (κ2) is 9.39. The van der Waals surface area contributed by atoms with Crippen molar-refractivity contribution < 1.29 is 14.3 Å². The molecule has 0 fully saturated rings. The fourth-order valence-electron chi connectivity index (χ4n) is 2.57. The van der Waals surface area contributed by atoms with E-state index in [9.17, 15) is 4.79 Å². The van der Waals surface area contributed by atoms with Gasteiger partial charge in [0.2, 0.25) is 5.91 Å². The van der Waals surface area contributed by atoms with Gasteiger partial charge in [-0.3, -0.25) is 4.79 Å². The molecule has 152 valence electrons. The van der Waals surface area contributed by atoms with Gasteiger partial charge in [0.15, 0.2) is 11.0 Å². The van der Waals surface area contributed by atoms with Gasteiger partial charge in [-0.25, -0.2) is 0 Å². The number of ether oxygens (including phenoxy) is 2. The van der Waals surface area contributed by atoms with Crippen molar-refractivity contribution in [1.82, 2.24) is 14.8 Å². The highest BCUT2D eigenvalue weighted by Crippen LogP contribution is 2.36. The SMILES string of the molecule is COc1cc(NC(=O)CSc2nnc(-c3ccc(Cl)cc3)n2C)c(OC)cc1Cl. The number of carbonyl (C=O) groups excluding carboxylic acids is 1. The first kappa shape index (κ1) is 21.3. The number of anilines is 1. The lowest BCUT2D eigenvalue weighted by Gasteiger charge is -2.13. The van der Waals surface area contributed by atoms with E-state index in [4.69, 9.17) is 32.7 Å². The molecule has 1 heterocycles. The standard InChI is InChI=1S/C19H18Cl2N4O3S/c1-25-18(11-4-6-12(20)7-5-11)23-24-19(25)29-10-17(26)22-14-9-15(27-2)13(21)8-16(14)28-3/h4-9H,10H2,1-3H3,(H,22,26). The lowest BCUT2D eigenvalue weighted by atomic mass is 10.2. The Morgan fingerprint density at radius 1 is 1.10 bits per heavy atom. The zero-order chi connectivity index (χ0) is 21.0. The molecule has 10 heteroatoms. The van der Waals surface area contributed by atoms with Gasteiger partial charge in [-0.05, 0) is 24.3 Å². The van der Waals surface area contributed by atoms with Crippen LogP contribution in [0.4, 0.5) is 5.69 Å². The summed E-state index contributed by atoms with van der Waals surface area (Å²) < 4.78 is 12.3. The number of aromatic nitrogens is 3. The van der Waals surface area contributed by atoms with E-state index in [0.717, 1.165) is 5.56 Å². The minimum atomic E-state index is -0.228. The monoisotopic (exact) mass is 452 g/mol. The van der Waals surface area contributed by atoms with Crippen molar-refractivity contribution in [3.63, 3.8) is 0 Å². The first-order valence-electron chi connectivity index (χ1n) is 8.42. The summed E-state index contributed by atoms with van der Waals surface area (Å²) in [5, 5.41) is 12.8. The predicted molar refractivity (Wildman–Crippen MR) is 115 cm³/mol. The summed E-state index contributed by atoms with van der Waals surface area (Å²) in [5.74, 6) is 1.48. The molecule has 0 saturated heterocycles. The topological polar surface area (TPSA) is 78.3 Å². The highest BCUT2D eigenvalue weighted by molar-refractivity contribution is 7.99. The largest absolute Gasteiger partial charge is 0.495 e. The van der Waals surface area contributed by atoms with Crippen LogP contribution in [-0.2, 0) is 11.8 Å². The molecule has 1 amide bonds. The van der Waals surface area contributed by atoms with Crippen molar-refractivity contribution in [2.45, 2.75) is 5.16 Å². The number of halogens is 2. The molecule has 0 radical (unpaired) electrons. The number of methoxy groups -OCH3 is 2. The van der Waals surface area contributed by atoms with E-state index in [1.54, 1.807) is 24.3 Å². The van der Waals surface area contributed by atoms with Gasteiger partial charge in [-0.15, -0.1) is 10.2 Å². The molecular formula is C19H18Cl2N4O3S. The van der Waals surface area contributed by atoms with Gasteiger partial charge in [-0.2, -0.15) is 0 Å². The zero-order valence-electron chi connectivity index (χ0n) is 15.9. The number of nitrogens with one attached hydrogen (secondary N) is 1. The zero-order valence-corrected chi connectivity index (χ0v) is 18.2. The molecule has 2 aromatic carbocycles. The molecule has 0 aliphatic rings. The molecule has 0 atom stereocenters. The lowest BCUT2D eigenvalue weighted by Crippen LogP contribution is -2.15. The summed E-state index contributed by atoms with van der Waals surface area (Å²) in [6.45, 7) is 0. The summed E-state index contributed by atoms with van der Waals surface area (Å²) in [5.41, 5.74) is 1.36. The number of amides is 1. The van der Waals surface area contributed by atoms with Crippen LogP contribution >= 0.6 is 35.0 Å². The maximum Gasteiger partial charge on any atom is 0.234 e. The maximum atomic E-state index is 12.4. The van der Waals surface area contributed by atoms with E-state index in [1.807, 2.05) is 23.7 Å². The molecular weight excluding hydrogens is 435 g/mol. The maximum absolute atomic E-state index is 12.4. The van der Waals surface area contributed by atoms with Crippen LogP contribution in [0.1, 0.15) is 0 Å². The number of rotatable bonds is 7. The van der Waals surface area contributed by atoms with Crippen molar-refractivity contribution >= 4 is 46.6 Å². The molecule has 1 N–H and O–H groups in total. The molecule has 1 aromatic heterocycles. The summed E-state index contributed by atoms with van der Waals surface area (Å²) in [7, 11) is 4.85.